The van der Waals surface area contributed by atoms with E-state index in [4.69, 9.17) is 4.74 Å². The van der Waals surface area contributed by atoms with Gasteiger partial charge in [0.25, 0.3) is 0 Å². The second-order valence-corrected chi connectivity index (χ2v) is 7.11. The van der Waals surface area contributed by atoms with Crippen LogP contribution in [0.3, 0.4) is 0 Å². The monoisotopic (exact) mass is 339 g/mol. The van der Waals surface area contributed by atoms with Crippen molar-refractivity contribution in [2.45, 2.75) is 18.9 Å². The van der Waals surface area contributed by atoms with Gasteiger partial charge in [-0.2, -0.15) is 0 Å². The number of carbonyl (C=O) groups excluding carboxylic acids is 1. The molecule has 0 spiro atoms. The maximum Gasteiger partial charge on any atom is 0.247 e. The minimum Gasteiger partial charge on any atom is -0.482 e. The smallest absolute Gasteiger partial charge is 0.247 e. The van der Waals surface area contributed by atoms with Crippen molar-refractivity contribution in [3.8, 4) is 5.75 Å². The average molecular weight is 339 g/mol. The van der Waals surface area contributed by atoms with Crippen LogP contribution in [-0.4, -0.2) is 23.3 Å². The standard InChI is InChI=1S/C19H18N2O2S/c22-18-9-7-13-10-14(6-8-16(13)20-18)17-12-24-19(21-17)11-23-15-4-2-1-3-5-15/h1-6,8,10,17H,7,9,11-12H2,(H,20,22)/p+1. The van der Waals surface area contributed by atoms with Crippen LogP contribution in [0.5, 0.6) is 5.75 Å². The van der Waals surface area contributed by atoms with Crippen molar-refractivity contribution >= 4 is 28.4 Å². The first-order valence-electron chi connectivity index (χ1n) is 8.13. The minimum atomic E-state index is 0.110. The van der Waals surface area contributed by atoms with E-state index >= 15 is 0 Å². The molecule has 4 nitrogen and oxygen atoms in total. The number of ether oxygens (including phenoxy) is 1. The molecule has 0 saturated heterocycles. The topological polar surface area (TPSA) is 52.3 Å². The number of nitrogens with one attached hydrogen (secondary N) is 2. The molecule has 2 heterocycles. The van der Waals surface area contributed by atoms with Crippen molar-refractivity contribution in [3.05, 3.63) is 59.7 Å². The number of thioether (sulfide) groups is 1. The molecule has 5 heteroatoms. The lowest BCUT2D eigenvalue weighted by atomic mass is 9.98. The molecule has 1 unspecified atom stereocenters. The number of hydrogen-bond donors (Lipinski definition) is 2. The van der Waals surface area contributed by atoms with E-state index in [2.05, 4.69) is 22.4 Å². The fourth-order valence-electron chi connectivity index (χ4n) is 3.01. The maximum atomic E-state index is 11.5. The van der Waals surface area contributed by atoms with Gasteiger partial charge < -0.3 is 10.1 Å². The van der Waals surface area contributed by atoms with Crippen molar-refractivity contribution < 1.29 is 14.5 Å². The number of fused-ring (bicyclic) bond motifs is 1. The zero-order valence-corrected chi connectivity index (χ0v) is 14.1. The van der Waals surface area contributed by atoms with E-state index in [1.165, 1.54) is 11.1 Å². The van der Waals surface area contributed by atoms with Gasteiger partial charge in [-0.25, -0.2) is 4.99 Å². The number of rotatable bonds is 4. The summed E-state index contributed by atoms with van der Waals surface area (Å²) in [4.78, 5) is 15.0. The molecule has 0 saturated carbocycles. The summed E-state index contributed by atoms with van der Waals surface area (Å²) in [7, 11) is 0. The van der Waals surface area contributed by atoms with Crippen LogP contribution in [0.25, 0.3) is 0 Å². The number of aryl methyl sites for hydroxylation is 1. The molecule has 0 bridgehead atoms. The van der Waals surface area contributed by atoms with Gasteiger partial charge in [-0.3, -0.25) is 4.79 Å². The van der Waals surface area contributed by atoms with Crippen molar-refractivity contribution in [2.75, 3.05) is 17.7 Å². The first kappa shape index (κ1) is 15.3. The number of para-hydroxylation sites is 1. The van der Waals surface area contributed by atoms with Gasteiger partial charge in [-0.15, -0.1) is 0 Å². The highest BCUT2D eigenvalue weighted by atomic mass is 32.2. The summed E-state index contributed by atoms with van der Waals surface area (Å²) in [6.45, 7) is 0.576. The summed E-state index contributed by atoms with van der Waals surface area (Å²) in [6.07, 6.45) is 1.40. The third kappa shape index (κ3) is 3.31. The number of carbonyl (C=O) groups is 1. The Morgan fingerprint density at radius 3 is 2.92 bits per heavy atom. The van der Waals surface area contributed by atoms with E-state index < -0.39 is 0 Å². The third-order valence-electron chi connectivity index (χ3n) is 4.30. The Bertz CT molecular complexity index is 789. The molecular formula is C19H19N2O2S+. The largest absolute Gasteiger partial charge is 0.482 e. The quantitative estimate of drug-likeness (QED) is 0.895. The van der Waals surface area contributed by atoms with Crippen LogP contribution in [-0.2, 0) is 11.2 Å². The van der Waals surface area contributed by atoms with Gasteiger partial charge in [0, 0.05) is 17.7 Å². The molecular weight excluding hydrogens is 320 g/mol. The Hall–Kier alpha value is -2.27. The van der Waals surface area contributed by atoms with Crippen LogP contribution in [0, 0.1) is 0 Å². The zero-order valence-electron chi connectivity index (χ0n) is 13.2. The second kappa shape index (κ2) is 6.69. The van der Waals surface area contributed by atoms with Crippen LogP contribution >= 0.6 is 11.8 Å². The molecule has 122 valence electrons. The van der Waals surface area contributed by atoms with Gasteiger partial charge in [-0.1, -0.05) is 36.0 Å². The first-order chi connectivity index (χ1) is 11.8. The summed E-state index contributed by atoms with van der Waals surface area (Å²) in [6, 6.07) is 16.5. The predicted octanol–water partition coefficient (Wildman–Crippen LogP) is 1.92. The number of benzene rings is 2. The normalized spacial score (nSPS) is 19.4. The van der Waals surface area contributed by atoms with Gasteiger partial charge in [0.2, 0.25) is 11.0 Å². The Balaban J connectivity index is 1.44. The molecule has 0 radical (unpaired) electrons. The van der Waals surface area contributed by atoms with E-state index in [-0.39, 0.29) is 5.91 Å². The van der Waals surface area contributed by atoms with Gasteiger partial charge in [0.1, 0.15) is 5.75 Å². The molecule has 2 N–H and O–H groups in total. The second-order valence-electron chi connectivity index (χ2n) is 6.00. The molecule has 2 aliphatic heterocycles. The van der Waals surface area contributed by atoms with Crippen LogP contribution in [0.2, 0.25) is 0 Å². The minimum absolute atomic E-state index is 0.110. The molecule has 0 fully saturated rings. The average Bonchev–Trinajstić information content (AvgIpc) is 3.09. The van der Waals surface area contributed by atoms with Gasteiger partial charge in [0.05, 0.1) is 5.75 Å². The SMILES string of the molecule is O=C1CCc2cc(C3CSC(COc4ccccc4)=[NH+]3)ccc2N1. The van der Waals surface area contributed by atoms with Gasteiger partial charge in [-0.05, 0) is 36.2 Å². The number of amides is 1. The third-order valence-corrected chi connectivity index (χ3v) is 5.38. The zero-order chi connectivity index (χ0) is 16.4. The Morgan fingerprint density at radius 1 is 1.17 bits per heavy atom. The van der Waals surface area contributed by atoms with E-state index in [9.17, 15) is 4.79 Å². The lowest BCUT2D eigenvalue weighted by Crippen LogP contribution is -2.72. The summed E-state index contributed by atoms with van der Waals surface area (Å²) >= 11 is 1.81. The van der Waals surface area contributed by atoms with Gasteiger partial charge >= 0.3 is 0 Å². The summed E-state index contributed by atoms with van der Waals surface area (Å²) < 4.78 is 5.81. The molecule has 2 aliphatic rings. The van der Waals surface area contributed by atoms with E-state index in [1.807, 2.05) is 48.2 Å². The highest BCUT2D eigenvalue weighted by Gasteiger charge is 2.28. The number of anilines is 1. The molecule has 0 aliphatic carbocycles. The van der Waals surface area contributed by atoms with Crippen molar-refractivity contribution in [3.63, 3.8) is 0 Å². The molecule has 2 aromatic rings. The van der Waals surface area contributed by atoms with Crippen molar-refractivity contribution in [2.24, 2.45) is 0 Å². The fraction of sp³-hybridized carbons (Fsp3) is 0.263. The Kier molecular flexibility index (Phi) is 4.26. The molecule has 1 amide bonds. The van der Waals surface area contributed by atoms with E-state index in [0.717, 1.165) is 28.7 Å². The fourth-order valence-corrected chi connectivity index (χ4v) is 4.02. The summed E-state index contributed by atoms with van der Waals surface area (Å²) in [5.74, 6) is 2.00. The first-order valence-corrected chi connectivity index (χ1v) is 9.12. The number of hydrogen-bond acceptors (Lipinski definition) is 3. The molecule has 24 heavy (non-hydrogen) atoms. The molecule has 1 atom stereocenters. The Morgan fingerprint density at radius 2 is 2.04 bits per heavy atom. The molecule has 0 aromatic heterocycles. The maximum absolute atomic E-state index is 11.5. The summed E-state index contributed by atoms with van der Waals surface area (Å²) in [5.41, 5.74) is 3.46. The molecule has 4 rings (SSSR count). The lowest BCUT2D eigenvalue weighted by Gasteiger charge is -2.17. The van der Waals surface area contributed by atoms with E-state index in [1.54, 1.807) is 0 Å². The molecule has 2 aromatic carbocycles. The highest BCUT2D eigenvalue weighted by Crippen LogP contribution is 2.27. The predicted molar refractivity (Wildman–Crippen MR) is 96.5 cm³/mol. The van der Waals surface area contributed by atoms with Crippen molar-refractivity contribution in [1.82, 2.24) is 0 Å². The Labute approximate surface area is 145 Å². The van der Waals surface area contributed by atoms with Gasteiger partial charge in [0.15, 0.2) is 12.6 Å². The van der Waals surface area contributed by atoms with Crippen LogP contribution in [0.15, 0.2) is 48.5 Å². The van der Waals surface area contributed by atoms with Crippen LogP contribution in [0.1, 0.15) is 23.6 Å². The summed E-state index contributed by atoms with van der Waals surface area (Å²) in [5, 5.41) is 4.10. The van der Waals surface area contributed by atoms with Crippen LogP contribution < -0.4 is 15.0 Å². The van der Waals surface area contributed by atoms with Crippen molar-refractivity contribution in [1.29, 1.82) is 0 Å². The highest BCUT2D eigenvalue weighted by molar-refractivity contribution is 8.13. The van der Waals surface area contributed by atoms with Crippen LogP contribution in [0.4, 0.5) is 5.69 Å². The van der Waals surface area contributed by atoms with E-state index in [0.29, 0.717) is 19.1 Å². The lowest BCUT2D eigenvalue weighted by molar-refractivity contribution is -0.498.